The van der Waals surface area contributed by atoms with Crippen LogP contribution in [0, 0.1) is 11.8 Å². The lowest BCUT2D eigenvalue weighted by molar-refractivity contribution is 0.270. The lowest BCUT2D eigenvalue weighted by Gasteiger charge is -2.29. The third-order valence-electron chi connectivity index (χ3n) is 3.73. The molecule has 2 atom stereocenters. The maximum Gasteiger partial charge on any atom is 0.0406 e. The van der Waals surface area contributed by atoms with Gasteiger partial charge in [-0.25, -0.2) is 0 Å². The number of rotatable bonds is 3. The summed E-state index contributed by atoms with van der Waals surface area (Å²) in [6.07, 6.45) is 5.54. The van der Waals surface area contributed by atoms with Crippen molar-refractivity contribution in [3.8, 4) is 0 Å². The van der Waals surface area contributed by atoms with E-state index in [-0.39, 0.29) is 0 Å². The fourth-order valence-corrected chi connectivity index (χ4v) is 2.43. The van der Waals surface area contributed by atoms with Gasteiger partial charge < -0.3 is 5.32 Å². The van der Waals surface area contributed by atoms with E-state index in [1.54, 1.807) is 0 Å². The minimum absolute atomic E-state index is 0.779. The molecule has 0 radical (unpaired) electrons. The molecule has 0 bridgehead atoms. The van der Waals surface area contributed by atoms with E-state index in [0.29, 0.717) is 0 Å². The van der Waals surface area contributed by atoms with Gasteiger partial charge in [-0.3, -0.25) is 4.98 Å². The van der Waals surface area contributed by atoms with Crippen LogP contribution in [-0.2, 0) is 12.8 Å². The molecule has 1 aromatic heterocycles. The standard InChI is InChI=1S/C14H22N2/c1-3-12-4-5-14(16-10-12)8-13-6-7-15-9-11(13)2/h4-5,10-11,13,15H,3,6-9H2,1-2H3. The summed E-state index contributed by atoms with van der Waals surface area (Å²) in [5.74, 6) is 1.59. The first-order chi connectivity index (χ1) is 7.79. The van der Waals surface area contributed by atoms with E-state index in [0.717, 1.165) is 31.2 Å². The minimum atomic E-state index is 0.779. The number of hydrogen-bond acceptors (Lipinski definition) is 2. The van der Waals surface area contributed by atoms with E-state index in [2.05, 4.69) is 36.3 Å². The van der Waals surface area contributed by atoms with Gasteiger partial charge in [-0.1, -0.05) is 19.9 Å². The third-order valence-corrected chi connectivity index (χ3v) is 3.73. The lowest BCUT2D eigenvalue weighted by Crippen LogP contribution is -2.36. The Morgan fingerprint density at radius 1 is 1.44 bits per heavy atom. The second-order valence-corrected chi connectivity index (χ2v) is 4.95. The van der Waals surface area contributed by atoms with Crippen molar-refractivity contribution < 1.29 is 0 Å². The van der Waals surface area contributed by atoms with Crippen molar-refractivity contribution in [3.63, 3.8) is 0 Å². The summed E-state index contributed by atoms with van der Waals surface area (Å²) >= 11 is 0. The summed E-state index contributed by atoms with van der Waals surface area (Å²) in [6.45, 7) is 6.85. The van der Waals surface area contributed by atoms with Gasteiger partial charge in [0.25, 0.3) is 0 Å². The molecule has 0 saturated carbocycles. The van der Waals surface area contributed by atoms with Gasteiger partial charge >= 0.3 is 0 Å². The van der Waals surface area contributed by atoms with Gasteiger partial charge in [0.15, 0.2) is 0 Å². The summed E-state index contributed by atoms with van der Waals surface area (Å²) in [7, 11) is 0. The Bertz CT molecular complexity index is 318. The molecule has 2 unspecified atom stereocenters. The number of nitrogens with zero attached hydrogens (tertiary/aromatic N) is 1. The van der Waals surface area contributed by atoms with E-state index in [1.165, 1.54) is 24.2 Å². The molecular weight excluding hydrogens is 196 g/mol. The molecule has 2 heteroatoms. The Kier molecular flexibility index (Phi) is 3.94. The normalized spacial score (nSPS) is 25.6. The molecule has 2 rings (SSSR count). The lowest BCUT2D eigenvalue weighted by atomic mass is 9.84. The van der Waals surface area contributed by atoms with Crippen molar-refractivity contribution in [1.29, 1.82) is 0 Å². The Balaban J connectivity index is 1.96. The maximum absolute atomic E-state index is 4.56. The second kappa shape index (κ2) is 5.44. The van der Waals surface area contributed by atoms with Crippen LogP contribution in [0.4, 0.5) is 0 Å². The summed E-state index contributed by atoms with van der Waals surface area (Å²) < 4.78 is 0. The van der Waals surface area contributed by atoms with Gasteiger partial charge in [0.05, 0.1) is 0 Å². The van der Waals surface area contributed by atoms with Crippen molar-refractivity contribution in [2.45, 2.75) is 33.1 Å². The van der Waals surface area contributed by atoms with Crippen LogP contribution in [0.2, 0.25) is 0 Å². The van der Waals surface area contributed by atoms with Crippen LogP contribution in [0.25, 0.3) is 0 Å². The highest BCUT2D eigenvalue weighted by atomic mass is 14.9. The summed E-state index contributed by atoms with van der Waals surface area (Å²) in [5, 5.41) is 3.45. The van der Waals surface area contributed by atoms with Crippen LogP contribution in [0.15, 0.2) is 18.3 Å². The molecule has 2 nitrogen and oxygen atoms in total. The van der Waals surface area contributed by atoms with Crippen LogP contribution in [0.1, 0.15) is 31.5 Å². The molecule has 0 spiro atoms. The fourth-order valence-electron chi connectivity index (χ4n) is 2.43. The van der Waals surface area contributed by atoms with Crippen LogP contribution < -0.4 is 5.32 Å². The highest BCUT2D eigenvalue weighted by Crippen LogP contribution is 2.22. The van der Waals surface area contributed by atoms with Crippen molar-refractivity contribution in [2.75, 3.05) is 13.1 Å². The van der Waals surface area contributed by atoms with Crippen molar-refractivity contribution in [3.05, 3.63) is 29.6 Å². The van der Waals surface area contributed by atoms with Gasteiger partial charge in [0.1, 0.15) is 0 Å². The van der Waals surface area contributed by atoms with Crippen LogP contribution in [0.3, 0.4) is 0 Å². The zero-order valence-corrected chi connectivity index (χ0v) is 10.4. The Morgan fingerprint density at radius 2 is 2.31 bits per heavy atom. The zero-order valence-electron chi connectivity index (χ0n) is 10.4. The average molecular weight is 218 g/mol. The predicted octanol–water partition coefficient (Wildman–Crippen LogP) is 2.43. The average Bonchev–Trinajstić information content (AvgIpc) is 2.33. The Labute approximate surface area is 98.5 Å². The number of aryl methyl sites for hydroxylation is 1. The molecule has 1 fully saturated rings. The molecule has 1 aromatic rings. The highest BCUT2D eigenvalue weighted by Gasteiger charge is 2.21. The molecule has 0 aromatic carbocycles. The topological polar surface area (TPSA) is 24.9 Å². The molecule has 1 saturated heterocycles. The first-order valence-electron chi connectivity index (χ1n) is 6.44. The van der Waals surface area contributed by atoms with Gasteiger partial charge in [0, 0.05) is 11.9 Å². The molecule has 1 aliphatic rings. The summed E-state index contributed by atoms with van der Waals surface area (Å²) in [4.78, 5) is 4.56. The second-order valence-electron chi connectivity index (χ2n) is 4.95. The molecule has 88 valence electrons. The maximum atomic E-state index is 4.56. The third kappa shape index (κ3) is 2.82. The SMILES string of the molecule is CCc1ccc(CC2CCNCC2C)nc1. The molecule has 2 heterocycles. The smallest absolute Gasteiger partial charge is 0.0406 e. The number of piperidine rings is 1. The van der Waals surface area contributed by atoms with Crippen molar-refractivity contribution in [1.82, 2.24) is 10.3 Å². The number of hydrogen-bond donors (Lipinski definition) is 1. The number of nitrogens with one attached hydrogen (secondary N) is 1. The molecule has 1 N–H and O–H groups in total. The zero-order chi connectivity index (χ0) is 11.4. The van der Waals surface area contributed by atoms with Crippen molar-refractivity contribution in [2.24, 2.45) is 11.8 Å². The summed E-state index contributed by atoms with van der Waals surface area (Å²) in [6, 6.07) is 4.42. The summed E-state index contributed by atoms with van der Waals surface area (Å²) in [5.41, 5.74) is 2.60. The van der Waals surface area contributed by atoms with E-state index >= 15 is 0 Å². The Morgan fingerprint density at radius 3 is 2.94 bits per heavy atom. The molecule has 16 heavy (non-hydrogen) atoms. The molecule has 0 amide bonds. The minimum Gasteiger partial charge on any atom is -0.316 e. The van der Waals surface area contributed by atoms with E-state index in [1.807, 2.05) is 6.20 Å². The van der Waals surface area contributed by atoms with Gasteiger partial charge in [0.2, 0.25) is 0 Å². The fraction of sp³-hybridized carbons (Fsp3) is 0.643. The van der Waals surface area contributed by atoms with E-state index in [9.17, 15) is 0 Å². The Hall–Kier alpha value is -0.890. The molecule has 1 aliphatic heterocycles. The largest absolute Gasteiger partial charge is 0.316 e. The van der Waals surface area contributed by atoms with Gasteiger partial charge in [-0.15, -0.1) is 0 Å². The molecule has 0 aliphatic carbocycles. The van der Waals surface area contributed by atoms with Crippen molar-refractivity contribution >= 4 is 0 Å². The number of pyridine rings is 1. The van der Waals surface area contributed by atoms with Crippen LogP contribution in [0.5, 0.6) is 0 Å². The molecular formula is C14H22N2. The quantitative estimate of drug-likeness (QED) is 0.843. The first-order valence-corrected chi connectivity index (χ1v) is 6.44. The monoisotopic (exact) mass is 218 g/mol. The van der Waals surface area contributed by atoms with E-state index < -0.39 is 0 Å². The van der Waals surface area contributed by atoms with E-state index in [4.69, 9.17) is 0 Å². The highest BCUT2D eigenvalue weighted by molar-refractivity contribution is 5.14. The van der Waals surface area contributed by atoms with Crippen LogP contribution in [-0.4, -0.2) is 18.1 Å². The van der Waals surface area contributed by atoms with Crippen LogP contribution >= 0.6 is 0 Å². The van der Waals surface area contributed by atoms with Gasteiger partial charge in [-0.05, 0) is 55.8 Å². The number of aromatic nitrogens is 1. The van der Waals surface area contributed by atoms with Gasteiger partial charge in [-0.2, -0.15) is 0 Å². The predicted molar refractivity (Wildman–Crippen MR) is 67.5 cm³/mol. The first kappa shape index (κ1) is 11.6.